The summed E-state index contributed by atoms with van der Waals surface area (Å²) in [6.45, 7) is 4.66. The third kappa shape index (κ3) is 4.32. The SMILES string of the molecule is C=C(C)c1ccc(OCc2c(F)cccc2F)c(OCC(=O)O)c1. The first-order valence-corrected chi connectivity index (χ1v) is 7.08. The Labute approximate surface area is 138 Å². The van der Waals surface area contributed by atoms with E-state index in [1.165, 1.54) is 6.07 Å². The molecule has 126 valence electrons. The van der Waals surface area contributed by atoms with Crippen LogP contribution >= 0.6 is 0 Å². The summed E-state index contributed by atoms with van der Waals surface area (Å²) in [4.78, 5) is 10.7. The molecule has 0 aromatic heterocycles. The van der Waals surface area contributed by atoms with Gasteiger partial charge in [-0.3, -0.25) is 0 Å². The third-order valence-corrected chi connectivity index (χ3v) is 3.22. The molecule has 0 saturated heterocycles. The molecule has 0 atom stereocenters. The van der Waals surface area contributed by atoms with Gasteiger partial charge in [-0.05, 0) is 36.8 Å². The number of hydrogen-bond acceptors (Lipinski definition) is 3. The third-order valence-electron chi connectivity index (χ3n) is 3.22. The second-order valence-corrected chi connectivity index (χ2v) is 5.11. The first kappa shape index (κ1) is 17.5. The molecule has 0 heterocycles. The Hall–Kier alpha value is -2.89. The van der Waals surface area contributed by atoms with Crippen molar-refractivity contribution in [3.05, 3.63) is 65.7 Å². The van der Waals surface area contributed by atoms with E-state index in [2.05, 4.69) is 6.58 Å². The summed E-state index contributed by atoms with van der Waals surface area (Å²) in [6, 6.07) is 8.33. The normalized spacial score (nSPS) is 10.3. The minimum absolute atomic E-state index is 0.162. The fraction of sp³-hybridized carbons (Fsp3) is 0.167. The fourth-order valence-corrected chi connectivity index (χ4v) is 1.97. The lowest BCUT2D eigenvalue weighted by atomic mass is 10.1. The van der Waals surface area contributed by atoms with E-state index in [4.69, 9.17) is 14.6 Å². The average molecular weight is 334 g/mol. The quantitative estimate of drug-likeness (QED) is 0.830. The zero-order valence-electron chi connectivity index (χ0n) is 13.0. The molecule has 2 aromatic carbocycles. The van der Waals surface area contributed by atoms with Gasteiger partial charge in [0.1, 0.15) is 18.2 Å². The Morgan fingerprint density at radius 1 is 1.12 bits per heavy atom. The maximum atomic E-state index is 13.6. The standard InChI is InChI=1S/C18H16F2O4/c1-11(2)12-6-7-16(17(8-12)24-10-18(21)22)23-9-13-14(19)4-3-5-15(13)20/h3-8H,1,9-10H2,2H3,(H,21,22). The fourth-order valence-electron chi connectivity index (χ4n) is 1.97. The monoisotopic (exact) mass is 334 g/mol. The van der Waals surface area contributed by atoms with Crippen LogP contribution in [0.4, 0.5) is 8.78 Å². The Balaban J connectivity index is 2.24. The predicted molar refractivity (Wildman–Crippen MR) is 85.0 cm³/mol. The van der Waals surface area contributed by atoms with Crippen LogP contribution in [-0.2, 0) is 11.4 Å². The minimum atomic E-state index is -1.15. The molecule has 0 saturated carbocycles. The van der Waals surface area contributed by atoms with Gasteiger partial charge >= 0.3 is 5.97 Å². The highest BCUT2D eigenvalue weighted by Gasteiger charge is 2.13. The topological polar surface area (TPSA) is 55.8 Å². The number of ether oxygens (including phenoxy) is 2. The molecule has 1 N–H and O–H groups in total. The average Bonchev–Trinajstić information content (AvgIpc) is 2.52. The predicted octanol–water partition coefficient (Wildman–Crippen LogP) is 4.04. The van der Waals surface area contributed by atoms with Crippen molar-refractivity contribution < 1.29 is 28.2 Å². The van der Waals surface area contributed by atoms with E-state index in [9.17, 15) is 13.6 Å². The number of carbonyl (C=O) groups is 1. The van der Waals surface area contributed by atoms with Crippen LogP contribution in [0.5, 0.6) is 11.5 Å². The number of allylic oxidation sites excluding steroid dienone is 1. The molecule has 0 fully saturated rings. The van der Waals surface area contributed by atoms with Crippen LogP contribution in [0.15, 0.2) is 43.0 Å². The molecule has 0 aliphatic carbocycles. The summed E-state index contributed by atoms with van der Waals surface area (Å²) >= 11 is 0. The summed E-state index contributed by atoms with van der Waals surface area (Å²) in [6.07, 6.45) is 0. The molecule has 0 aliphatic heterocycles. The molecule has 24 heavy (non-hydrogen) atoms. The lowest BCUT2D eigenvalue weighted by molar-refractivity contribution is -0.139. The Morgan fingerprint density at radius 3 is 2.38 bits per heavy atom. The number of halogens is 2. The lowest BCUT2D eigenvalue weighted by Crippen LogP contribution is -2.11. The minimum Gasteiger partial charge on any atom is -0.485 e. The highest BCUT2D eigenvalue weighted by atomic mass is 19.1. The van der Waals surface area contributed by atoms with E-state index in [1.807, 2.05) is 0 Å². The smallest absolute Gasteiger partial charge is 0.341 e. The summed E-state index contributed by atoms with van der Waals surface area (Å²) in [5.41, 5.74) is 1.27. The van der Waals surface area contributed by atoms with Crippen LogP contribution in [0.3, 0.4) is 0 Å². The van der Waals surface area contributed by atoms with Crippen LogP contribution in [-0.4, -0.2) is 17.7 Å². The van der Waals surface area contributed by atoms with Gasteiger partial charge in [0.2, 0.25) is 0 Å². The summed E-state index contributed by atoms with van der Waals surface area (Å²) in [7, 11) is 0. The highest BCUT2D eigenvalue weighted by Crippen LogP contribution is 2.31. The molecule has 0 spiro atoms. The molecular weight excluding hydrogens is 318 g/mol. The van der Waals surface area contributed by atoms with E-state index in [1.54, 1.807) is 25.1 Å². The van der Waals surface area contributed by atoms with Gasteiger partial charge in [-0.15, -0.1) is 0 Å². The molecule has 0 unspecified atom stereocenters. The van der Waals surface area contributed by atoms with Crippen LogP contribution in [0, 0.1) is 11.6 Å². The zero-order chi connectivity index (χ0) is 17.7. The highest BCUT2D eigenvalue weighted by molar-refractivity contribution is 5.69. The number of carboxylic acids is 1. The molecule has 0 bridgehead atoms. The Bertz CT molecular complexity index is 751. The Morgan fingerprint density at radius 2 is 1.79 bits per heavy atom. The second-order valence-electron chi connectivity index (χ2n) is 5.11. The molecule has 0 aliphatic rings. The molecule has 6 heteroatoms. The van der Waals surface area contributed by atoms with E-state index in [0.29, 0.717) is 0 Å². The second kappa shape index (κ2) is 7.59. The maximum absolute atomic E-state index is 13.6. The van der Waals surface area contributed by atoms with Crippen LogP contribution in [0.1, 0.15) is 18.1 Å². The number of carboxylic acid groups (broad SMARTS) is 1. The van der Waals surface area contributed by atoms with E-state index < -0.39 is 24.2 Å². The number of rotatable bonds is 7. The van der Waals surface area contributed by atoms with Crippen molar-refractivity contribution in [1.82, 2.24) is 0 Å². The number of benzene rings is 2. The molecule has 2 rings (SSSR count). The van der Waals surface area contributed by atoms with E-state index >= 15 is 0 Å². The van der Waals surface area contributed by atoms with Gasteiger partial charge in [0.15, 0.2) is 18.1 Å². The van der Waals surface area contributed by atoms with Crippen LogP contribution in [0.2, 0.25) is 0 Å². The molecular formula is C18H16F2O4. The van der Waals surface area contributed by atoms with Gasteiger partial charge < -0.3 is 14.6 Å². The van der Waals surface area contributed by atoms with Gasteiger partial charge in [-0.2, -0.15) is 0 Å². The lowest BCUT2D eigenvalue weighted by Gasteiger charge is -2.14. The van der Waals surface area contributed by atoms with Crippen molar-refractivity contribution in [1.29, 1.82) is 0 Å². The molecule has 0 amide bonds. The van der Waals surface area contributed by atoms with Crippen molar-refractivity contribution in [3.8, 4) is 11.5 Å². The molecule has 0 radical (unpaired) electrons. The Kier molecular flexibility index (Phi) is 5.52. The van der Waals surface area contributed by atoms with Crippen LogP contribution < -0.4 is 9.47 Å². The van der Waals surface area contributed by atoms with Gasteiger partial charge in [-0.1, -0.05) is 24.3 Å². The zero-order valence-corrected chi connectivity index (χ0v) is 13.0. The van der Waals surface area contributed by atoms with Crippen molar-refractivity contribution >= 4 is 11.5 Å². The first-order valence-electron chi connectivity index (χ1n) is 7.08. The molecule has 2 aromatic rings. The van der Waals surface area contributed by atoms with Gasteiger partial charge in [0, 0.05) is 0 Å². The van der Waals surface area contributed by atoms with Crippen molar-refractivity contribution in [2.24, 2.45) is 0 Å². The van der Waals surface area contributed by atoms with Gasteiger partial charge in [0.05, 0.1) is 5.56 Å². The van der Waals surface area contributed by atoms with Gasteiger partial charge in [-0.25, -0.2) is 13.6 Å². The first-order chi connectivity index (χ1) is 11.4. The summed E-state index contributed by atoms with van der Waals surface area (Å²) in [5.74, 6) is -2.25. The number of aliphatic carboxylic acids is 1. The number of hydrogen-bond donors (Lipinski definition) is 1. The van der Waals surface area contributed by atoms with E-state index in [0.717, 1.165) is 23.3 Å². The van der Waals surface area contributed by atoms with Crippen LogP contribution in [0.25, 0.3) is 5.57 Å². The van der Waals surface area contributed by atoms with Crippen molar-refractivity contribution in [3.63, 3.8) is 0 Å². The van der Waals surface area contributed by atoms with E-state index in [-0.39, 0.29) is 23.7 Å². The summed E-state index contributed by atoms with van der Waals surface area (Å²) < 4.78 is 37.9. The van der Waals surface area contributed by atoms with Crippen molar-refractivity contribution in [2.75, 3.05) is 6.61 Å². The van der Waals surface area contributed by atoms with Crippen molar-refractivity contribution in [2.45, 2.75) is 13.5 Å². The maximum Gasteiger partial charge on any atom is 0.341 e. The summed E-state index contributed by atoms with van der Waals surface area (Å²) in [5, 5.41) is 8.74. The van der Waals surface area contributed by atoms with Gasteiger partial charge in [0.25, 0.3) is 0 Å². The largest absolute Gasteiger partial charge is 0.485 e. The molecule has 4 nitrogen and oxygen atoms in total.